The third kappa shape index (κ3) is 4.42. The summed E-state index contributed by atoms with van der Waals surface area (Å²) in [5.74, 6) is -1.63. The van der Waals surface area contributed by atoms with Crippen LogP contribution in [0.3, 0.4) is 0 Å². The Bertz CT molecular complexity index is 1580. The van der Waals surface area contributed by atoms with E-state index in [0.717, 1.165) is 27.5 Å². The Kier molecular flexibility index (Phi) is 6.17. The average molecular weight is 510 g/mol. The quantitative estimate of drug-likeness (QED) is 0.175. The van der Waals surface area contributed by atoms with Crippen LogP contribution in [-0.2, 0) is 15.0 Å². The number of hydrogen-bond acceptors (Lipinski definition) is 3. The van der Waals surface area contributed by atoms with E-state index < -0.39 is 17.7 Å². The standard InChI is InChI=1S/C32H28ClNO3/c1-19-9-16-25(18-26(19)33)34-28(21-12-14-24(15-13-21)32(2,3)4)27(30(36)31(34)37)29(35)23-11-10-20-7-5-6-8-22(20)17-23/h5-18,28,35H,1-4H3/b29-27-. The number of Topliss-reactive ketones (excluding diaryl/α,β-unsaturated/α-hetero) is 1. The number of ketones is 1. The lowest BCUT2D eigenvalue weighted by Crippen LogP contribution is -2.29. The van der Waals surface area contributed by atoms with Crippen molar-refractivity contribution in [3.63, 3.8) is 0 Å². The summed E-state index contributed by atoms with van der Waals surface area (Å²) in [6, 6.07) is 25.6. The van der Waals surface area contributed by atoms with Gasteiger partial charge in [0.1, 0.15) is 5.76 Å². The Morgan fingerprint density at radius 1 is 0.865 bits per heavy atom. The SMILES string of the molecule is Cc1ccc(N2C(=O)C(=O)/C(=C(\O)c3ccc4ccccc4c3)C2c2ccc(C(C)(C)C)cc2)cc1Cl. The van der Waals surface area contributed by atoms with Gasteiger partial charge in [0.2, 0.25) is 0 Å². The highest BCUT2D eigenvalue weighted by Gasteiger charge is 2.47. The molecule has 0 aliphatic carbocycles. The molecule has 4 nitrogen and oxygen atoms in total. The first kappa shape index (κ1) is 24.8. The van der Waals surface area contributed by atoms with Crippen molar-refractivity contribution in [2.75, 3.05) is 4.90 Å². The van der Waals surface area contributed by atoms with Crippen molar-refractivity contribution in [2.24, 2.45) is 0 Å². The molecule has 186 valence electrons. The first-order valence-corrected chi connectivity index (χ1v) is 12.6. The van der Waals surface area contributed by atoms with Crippen molar-refractivity contribution in [1.82, 2.24) is 0 Å². The van der Waals surface area contributed by atoms with Crippen molar-refractivity contribution in [3.8, 4) is 0 Å². The number of hydrogen-bond donors (Lipinski definition) is 1. The molecule has 0 aromatic heterocycles. The number of aliphatic hydroxyl groups excluding tert-OH is 1. The summed E-state index contributed by atoms with van der Waals surface area (Å²) in [6.45, 7) is 8.26. The van der Waals surface area contributed by atoms with Gasteiger partial charge in [-0.3, -0.25) is 14.5 Å². The lowest BCUT2D eigenvalue weighted by Gasteiger charge is -2.27. The summed E-state index contributed by atoms with van der Waals surface area (Å²) in [6.07, 6.45) is 0. The molecule has 37 heavy (non-hydrogen) atoms. The number of anilines is 1. The highest BCUT2D eigenvalue weighted by Crippen LogP contribution is 2.43. The maximum Gasteiger partial charge on any atom is 0.300 e. The Labute approximate surface area is 221 Å². The van der Waals surface area contributed by atoms with Crippen LogP contribution in [0.25, 0.3) is 16.5 Å². The number of carbonyl (C=O) groups is 2. The van der Waals surface area contributed by atoms with Gasteiger partial charge in [0.25, 0.3) is 11.7 Å². The minimum absolute atomic E-state index is 0.0560. The van der Waals surface area contributed by atoms with Crippen LogP contribution < -0.4 is 4.90 Å². The minimum Gasteiger partial charge on any atom is -0.507 e. The molecule has 0 bridgehead atoms. The highest BCUT2D eigenvalue weighted by atomic mass is 35.5. The van der Waals surface area contributed by atoms with E-state index in [-0.39, 0.29) is 16.7 Å². The molecule has 1 saturated heterocycles. The molecule has 0 spiro atoms. The monoisotopic (exact) mass is 509 g/mol. The fourth-order valence-corrected chi connectivity index (χ4v) is 4.98. The average Bonchev–Trinajstić information content (AvgIpc) is 3.14. The Morgan fingerprint density at radius 2 is 1.54 bits per heavy atom. The van der Waals surface area contributed by atoms with Crippen LogP contribution in [0, 0.1) is 6.92 Å². The molecule has 1 N–H and O–H groups in total. The second-order valence-corrected chi connectivity index (χ2v) is 10.9. The van der Waals surface area contributed by atoms with Crippen LogP contribution in [0.1, 0.15) is 49.1 Å². The molecular formula is C32H28ClNO3. The van der Waals surface area contributed by atoms with E-state index >= 15 is 0 Å². The lowest BCUT2D eigenvalue weighted by molar-refractivity contribution is -0.132. The molecule has 1 aliphatic rings. The van der Waals surface area contributed by atoms with E-state index in [2.05, 4.69) is 20.8 Å². The van der Waals surface area contributed by atoms with Crippen LogP contribution in [0.15, 0.2) is 90.5 Å². The van der Waals surface area contributed by atoms with Gasteiger partial charge in [-0.1, -0.05) is 99.1 Å². The molecular weight excluding hydrogens is 482 g/mol. The van der Waals surface area contributed by atoms with Gasteiger partial charge >= 0.3 is 0 Å². The number of fused-ring (bicyclic) bond motifs is 1. The fraction of sp³-hybridized carbons (Fsp3) is 0.188. The Balaban J connectivity index is 1.72. The predicted molar refractivity (Wildman–Crippen MR) is 150 cm³/mol. The molecule has 1 atom stereocenters. The number of benzene rings is 4. The smallest absolute Gasteiger partial charge is 0.300 e. The summed E-state index contributed by atoms with van der Waals surface area (Å²) in [5.41, 5.74) is 3.70. The molecule has 5 rings (SSSR count). The highest BCUT2D eigenvalue weighted by molar-refractivity contribution is 6.51. The van der Waals surface area contributed by atoms with Gasteiger partial charge in [-0.25, -0.2) is 0 Å². The molecule has 0 saturated carbocycles. The van der Waals surface area contributed by atoms with E-state index in [0.29, 0.717) is 16.3 Å². The largest absolute Gasteiger partial charge is 0.507 e. The number of nitrogens with zero attached hydrogens (tertiary/aromatic N) is 1. The van der Waals surface area contributed by atoms with Gasteiger partial charge in [0.15, 0.2) is 0 Å². The molecule has 1 heterocycles. The van der Waals surface area contributed by atoms with E-state index in [1.54, 1.807) is 18.2 Å². The van der Waals surface area contributed by atoms with Crippen LogP contribution in [0.5, 0.6) is 0 Å². The second kappa shape index (κ2) is 9.20. The molecule has 5 heteroatoms. The molecule has 1 aliphatic heterocycles. The maximum absolute atomic E-state index is 13.5. The number of amides is 1. The van der Waals surface area contributed by atoms with E-state index in [4.69, 9.17) is 11.6 Å². The molecule has 1 unspecified atom stereocenters. The zero-order valence-corrected chi connectivity index (χ0v) is 22.0. The van der Waals surface area contributed by atoms with Gasteiger partial charge in [0, 0.05) is 16.3 Å². The van der Waals surface area contributed by atoms with Crippen LogP contribution >= 0.6 is 11.6 Å². The van der Waals surface area contributed by atoms with Crippen molar-refractivity contribution in [1.29, 1.82) is 0 Å². The van der Waals surface area contributed by atoms with E-state index in [9.17, 15) is 14.7 Å². The van der Waals surface area contributed by atoms with Crippen molar-refractivity contribution in [3.05, 3.63) is 118 Å². The molecule has 1 amide bonds. The molecule has 0 radical (unpaired) electrons. The number of halogens is 1. The third-order valence-corrected chi connectivity index (χ3v) is 7.40. The lowest BCUT2D eigenvalue weighted by atomic mass is 9.85. The third-order valence-electron chi connectivity index (χ3n) is 6.99. The predicted octanol–water partition coefficient (Wildman–Crippen LogP) is 7.73. The van der Waals surface area contributed by atoms with Gasteiger partial charge in [-0.05, 0) is 58.0 Å². The number of aliphatic hydroxyl groups is 1. The first-order valence-electron chi connectivity index (χ1n) is 12.2. The van der Waals surface area contributed by atoms with Crippen molar-refractivity contribution in [2.45, 2.75) is 39.2 Å². The molecule has 1 fully saturated rings. The van der Waals surface area contributed by atoms with Crippen LogP contribution in [0.2, 0.25) is 5.02 Å². The van der Waals surface area contributed by atoms with Gasteiger partial charge < -0.3 is 5.11 Å². The summed E-state index contributed by atoms with van der Waals surface area (Å²) >= 11 is 6.41. The Morgan fingerprint density at radius 3 is 2.19 bits per heavy atom. The molecule has 4 aromatic rings. The zero-order chi connectivity index (χ0) is 26.5. The van der Waals surface area contributed by atoms with Crippen molar-refractivity contribution >= 4 is 45.5 Å². The van der Waals surface area contributed by atoms with Gasteiger partial charge in [-0.15, -0.1) is 0 Å². The van der Waals surface area contributed by atoms with E-state index in [1.807, 2.05) is 73.7 Å². The summed E-state index contributed by atoms with van der Waals surface area (Å²) in [4.78, 5) is 28.4. The van der Waals surface area contributed by atoms with Crippen LogP contribution in [-0.4, -0.2) is 16.8 Å². The summed E-state index contributed by atoms with van der Waals surface area (Å²) < 4.78 is 0. The number of rotatable bonds is 3. The number of aryl methyl sites for hydroxylation is 1. The Hall–Kier alpha value is -3.89. The fourth-order valence-electron chi connectivity index (χ4n) is 4.80. The maximum atomic E-state index is 13.5. The second-order valence-electron chi connectivity index (χ2n) is 10.5. The summed E-state index contributed by atoms with van der Waals surface area (Å²) in [5, 5.41) is 13.9. The summed E-state index contributed by atoms with van der Waals surface area (Å²) in [7, 11) is 0. The zero-order valence-electron chi connectivity index (χ0n) is 21.2. The topological polar surface area (TPSA) is 57.6 Å². The van der Waals surface area contributed by atoms with Gasteiger partial charge in [0.05, 0.1) is 11.6 Å². The van der Waals surface area contributed by atoms with E-state index in [1.165, 1.54) is 4.90 Å². The van der Waals surface area contributed by atoms with Gasteiger partial charge in [-0.2, -0.15) is 0 Å². The number of carbonyl (C=O) groups excluding carboxylic acids is 2. The van der Waals surface area contributed by atoms with Crippen LogP contribution in [0.4, 0.5) is 5.69 Å². The minimum atomic E-state index is -0.806. The first-order chi connectivity index (χ1) is 17.6. The normalized spacial score (nSPS) is 17.5. The van der Waals surface area contributed by atoms with Crippen molar-refractivity contribution < 1.29 is 14.7 Å². The molecule has 4 aromatic carbocycles.